The van der Waals surface area contributed by atoms with E-state index in [9.17, 15) is 0 Å². The molecule has 0 saturated heterocycles. The maximum absolute atomic E-state index is 8.49. The summed E-state index contributed by atoms with van der Waals surface area (Å²) in [6, 6.07) is -7.25. The molecule has 0 aromatic carbocycles. The van der Waals surface area contributed by atoms with E-state index in [1.165, 1.54) is 0 Å². The summed E-state index contributed by atoms with van der Waals surface area (Å²) in [4.78, 5) is 0. The van der Waals surface area contributed by atoms with E-state index in [4.69, 9.17) is 16.4 Å². The number of hydrogen-bond donors (Lipinski definition) is 0. The van der Waals surface area contributed by atoms with Crippen molar-refractivity contribution in [3.63, 3.8) is 0 Å². The van der Waals surface area contributed by atoms with Gasteiger partial charge in [0.25, 0.3) is 0 Å². The Hall–Kier alpha value is -1.04. The number of allylic oxidation sites excluding steroid dienone is 8. The van der Waals surface area contributed by atoms with Crippen LogP contribution in [0.25, 0.3) is 0 Å². The normalized spacial score (nSPS) is 92.0. The third-order valence-corrected chi connectivity index (χ3v) is 1.88. The van der Waals surface area contributed by atoms with Gasteiger partial charge in [-0.3, -0.25) is 0 Å². The Balaban J connectivity index is 2.50. The minimum atomic E-state index is -2.77. The van der Waals surface area contributed by atoms with Gasteiger partial charge in [-0.25, -0.2) is 0 Å². The summed E-state index contributed by atoms with van der Waals surface area (Å²) in [7, 11) is 0. The molecular formula is C12H12. The van der Waals surface area contributed by atoms with Gasteiger partial charge in [0, 0.05) is 5.48 Å². The lowest BCUT2D eigenvalue weighted by Gasteiger charge is -2.49. The average molecular weight is 168 g/mol. The van der Waals surface area contributed by atoms with Gasteiger partial charge in [0.1, 0.15) is 0 Å². The van der Waals surface area contributed by atoms with Gasteiger partial charge < -0.3 is 0 Å². The van der Waals surface area contributed by atoms with E-state index in [0.29, 0.717) is 0 Å². The van der Waals surface area contributed by atoms with Crippen LogP contribution in [-0.2, 0) is 0 Å². The second kappa shape index (κ2) is 2.22. The zero-order valence-corrected chi connectivity index (χ0v) is 6.00. The van der Waals surface area contributed by atoms with Crippen LogP contribution in [0.15, 0.2) is 48.4 Å². The van der Waals surface area contributed by atoms with Gasteiger partial charge in [-0.15, -0.1) is 0 Å². The minimum Gasteiger partial charge on any atom is -0.0802 e. The predicted octanol–water partition coefficient (Wildman–Crippen LogP) is 2.72. The fourth-order valence-electron chi connectivity index (χ4n) is 1.31. The molecule has 3 aliphatic carbocycles. The maximum atomic E-state index is 8.49. The Bertz CT molecular complexity index is 668. The third-order valence-electron chi connectivity index (χ3n) is 1.88. The molecule has 12 heavy (non-hydrogen) atoms. The lowest BCUT2D eigenvalue weighted by Crippen LogP contribution is -2.44. The number of fused-ring (bicyclic) bond motifs is 4. The number of hydrogen-bond acceptors (Lipinski definition) is 0. The van der Waals surface area contributed by atoms with Crippen LogP contribution < -0.4 is 0 Å². The van der Waals surface area contributed by atoms with Crippen LogP contribution in [0.1, 0.15) is 16.4 Å². The van der Waals surface area contributed by atoms with Gasteiger partial charge in [0.2, 0.25) is 0 Å². The first-order valence-electron chi connectivity index (χ1n) is 9.50. The van der Waals surface area contributed by atoms with Crippen molar-refractivity contribution in [3.8, 4) is 0 Å². The molecule has 1 saturated carbocycles. The summed E-state index contributed by atoms with van der Waals surface area (Å²) in [5, 5.41) is 0. The van der Waals surface area contributed by atoms with Gasteiger partial charge in [0.15, 0.2) is 0 Å². The highest BCUT2D eigenvalue weighted by Gasteiger charge is 2.45. The van der Waals surface area contributed by atoms with E-state index in [2.05, 4.69) is 0 Å². The van der Waals surface area contributed by atoms with Gasteiger partial charge >= 0.3 is 0 Å². The van der Waals surface area contributed by atoms with Gasteiger partial charge in [-0.2, -0.15) is 0 Å². The second-order valence-corrected chi connectivity index (χ2v) is 2.50. The first kappa shape index (κ1) is 1.75. The molecule has 3 rings (SSSR count). The first-order chi connectivity index (χ1) is 10.8. The highest BCUT2D eigenvalue weighted by Crippen LogP contribution is 2.51. The quantitative estimate of drug-likeness (QED) is 0.522. The standard InChI is InChI=1S/C12H12/c1-2-6-10-9(5-1)11-7-3-4-8-12(10)11/h1-12H/i1D,2D,3D,4D,5D,6D,7D,8D,9D,10D,11D,12D. The van der Waals surface area contributed by atoms with Crippen LogP contribution in [0.3, 0.4) is 0 Å². The lowest BCUT2D eigenvalue weighted by molar-refractivity contribution is 0.120. The van der Waals surface area contributed by atoms with Crippen LogP contribution in [0.2, 0.25) is 0 Å². The largest absolute Gasteiger partial charge is 0.0802 e. The van der Waals surface area contributed by atoms with Crippen molar-refractivity contribution in [2.24, 2.45) is 23.6 Å². The van der Waals surface area contributed by atoms with E-state index >= 15 is 0 Å². The van der Waals surface area contributed by atoms with Crippen LogP contribution >= 0.6 is 0 Å². The van der Waals surface area contributed by atoms with Crippen LogP contribution in [0, 0.1) is 23.6 Å². The topological polar surface area (TPSA) is 0 Å². The van der Waals surface area contributed by atoms with Crippen molar-refractivity contribution < 1.29 is 16.4 Å². The van der Waals surface area contributed by atoms with Crippen molar-refractivity contribution in [1.82, 2.24) is 0 Å². The molecule has 1 fully saturated rings. The van der Waals surface area contributed by atoms with Crippen LogP contribution in [-0.4, -0.2) is 0 Å². The monoisotopic (exact) mass is 168 g/mol. The molecule has 0 spiro atoms. The fourth-order valence-corrected chi connectivity index (χ4v) is 1.31. The van der Waals surface area contributed by atoms with E-state index in [-0.39, 0.29) is 0 Å². The molecule has 0 nitrogen and oxygen atoms in total. The van der Waals surface area contributed by atoms with Gasteiger partial charge in [-0.05, 0) is 23.6 Å². The summed E-state index contributed by atoms with van der Waals surface area (Å²) in [5.41, 5.74) is 0. The van der Waals surface area contributed by atoms with Gasteiger partial charge in [-0.1, -0.05) is 48.4 Å². The second-order valence-electron chi connectivity index (χ2n) is 2.50. The molecule has 0 aromatic heterocycles. The minimum absolute atomic E-state index is 0.849. The maximum Gasteiger partial charge on any atom is 0.0619 e. The zero-order valence-electron chi connectivity index (χ0n) is 18.0. The number of rotatable bonds is 0. The molecule has 0 aromatic rings. The molecule has 0 atom stereocenters. The lowest BCUT2D eigenvalue weighted by atomic mass is 9.54. The van der Waals surface area contributed by atoms with E-state index in [1.54, 1.807) is 0 Å². The molecule has 0 aliphatic heterocycles. The molecular weight excluding hydrogens is 144 g/mol. The van der Waals surface area contributed by atoms with Crippen molar-refractivity contribution in [1.29, 1.82) is 0 Å². The van der Waals surface area contributed by atoms with Crippen molar-refractivity contribution in [3.05, 3.63) is 48.4 Å². The smallest absolute Gasteiger partial charge is 0.0619 e. The molecule has 3 aliphatic rings. The van der Waals surface area contributed by atoms with Crippen molar-refractivity contribution in [2.75, 3.05) is 0 Å². The zero-order chi connectivity index (χ0) is 18.6. The predicted molar refractivity (Wildman–Crippen MR) is 50.5 cm³/mol. The van der Waals surface area contributed by atoms with Crippen LogP contribution in [0.5, 0.6) is 0 Å². The molecule has 60 valence electrons. The molecule has 0 radical (unpaired) electrons. The fraction of sp³-hybridized carbons (Fsp3) is 0.333. The Morgan fingerprint density at radius 3 is 1.17 bits per heavy atom. The Labute approximate surface area is 89.8 Å². The third kappa shape index (κ3) is 0.677. The summed E-state index contributed by atoms with van der Waals surface area (Å²) < 4.78 is 96.6. The Morgan fingerprint density at radius 2 is 0.917 bits per heavy atom. The molecule has 0 amide bonds. The molecule has 0 heteroatoms. The average Bonchev–Trinajstić information content (AvgIpc) is 2.57. The summed E-state index contributed by atoms with van der Waals surface area (Å²) in [5.74, 6) is -11.1. The first-order valence-corrected chi connectivity index (χ1v) is 3.50. The molecule has 0 bridgehead atoms. The van der Waals surface area contributed by atoms with Gasteiger partial charge in [0.05, 0.1) is 11.0 Å². The summed E-state index contributed by atoms with van der Waals surface area (Å²) >= 11 is 0. The molecule has 0 unspecified atom stereocenters. The highest BCUT2D eigenvalue weighted by molar-refractivity contribution is 5.31. The van der Waals surface area contributed by atoms with Crippen LogP contribution in [0.4, 0.5) is 0 Å². The van der Waals surface area contributed by atoms with E-state index < -0.39 is 72.0 Å². The SMILES string of the molecule is [2H]C1=C([2H])C2([2H])C([2H])(C([2H])=C1[2H])C1([2H])C([2H])=C([2H])C([2H])=C([2H])C21[2H]. The summed E-state index contributed by atoms with van der Waals surface area (Å²) in [6.07, 6.45) is 0. The Kier molecular flexibility index (Phi) is 0.323. The van der Waals surface area contributed by atoms with E-state index in [1.807, 2.05) is 0 Å². The Morgan fingerprint density at radius 1 is 0.667 bits per heavy atom. The summed E-state index contributed by atoms with van der Waals surface area (Å²) in [6.45, 7) is 0. The van der Waals surface area contributed by atoms with Crippen molar-refractivity contribution >= 4 is 0 Å². The van der Waals surface area contributed by atoms with Crippen molar-refractivity contribution in [2.45, 2.75) is 0 Å². The highest BCUT2D eigenvalue weighted by atomic mass is 14.5. The molecule has 0 N–H and O–H groups in total. The molecule has 0 heterocycles. The van der Waals surface area contributed by atoms with E-state index in [0.717, 1.165) is 0 Å².